The van der Waals surface area contributed by atoms with E-state index in [9.17, 15) is 4.79 Å². The van der Waals surface area contributed by atoms with Crippen molar-refractivity contribution in [3.63, 3.8) is 0 Å². The van der Waals surface area contributed by atoms with Crippen LogP contribution in [0, 0.1) is 6.92 Å². The molecule has 6 nitrogen and oxygen atoms in total. The van der Waals surface area contributed by atoms with Crippen molar-refractivity contribution in [3.05, 3.63) is 52.3 Å². The van der Waals surface area contributed by atoms with Gasteiger partial charge in [-0.15, -0.1) is 11.3 Å². The van der Waals surface area contributed by atoms with Crippen LogP contribution in [0.4, 0.5) is 0 Å². The minimum absolute atomic E-state index is 0.0554. The number of hydrogen-bond acceptors (Lipinski definition) is 5. The van der Waals surface area contributed by atoms with Gasteiger partial charge in [0.2, 0.25) is 0 Å². The lowest BCUT2D eigenvalue weighted by Crippen LogP contribution is -2.38. The third kappa shape index (κ3) is 2.82. The number of rotatable bonds is 3. The molecule has 0 radical (unpaired) electrons. The van der Waals surface area contributed by atoms with E-state index in [4.69, 9.17) is 0 Å². The van der Waals surface area contributed by atoms with E-state index in [1.807, 2.05) is 6.92 Å². The second-order valence-electron chi connectivity index (χ2n) is 5.95. The number of hydrogen-bond donors (Lipinski definition) is 2. The molecule has 24 heavy (non-hydrogen) atoms. The Kier molecular flexibility index (Phi) is 3.86. The zero-order chi connectivity index (χ0) is 16.5. The Balaban J connectivity index is 1.49. The van der Waals surface area contributed by atoms with Crippen LogP contribution in [0.15, 0.2) is 30.6 Å². The molecule has 0 aliphatic heterocycles. The van der Waals surface area contributed by atoms with Gasteiger partial charge in [0.1, 0.15) is 11.2 Å². The van der Waals surface area contributed by atoms with Gasteiger partial charge in [-0.2, -0.15) is 5.10 Å². The Morgan fingerprint density at radius 3 is 2.96 bits per heavy atom. The molecule has 2 aromatic heterocycles. The zero-order valence-corrected chi connectivity index (χ0v) is 14.1. The van der Waals surface area contributed by atoms with Crippen molar-refractivity contribution in [2.45, 2.75) is 32.2 Å². The molecule has 1 aliphatic carbocycles. The molecule has 3 aromatic rings. The predicted molar refractivity (Wildman–Crippen MR) is 91.9 cm³/mol. The normalized spacial score (nSPS) is 16.6. The maximum atomic E-state index is 12.6. The lowest BCUT2D eigenvalue weighted by atomic mass is 9.88. The number of carbonyl (C=O) groups is 1. The van der Waals surface area contributed by atoms with Gasteiger partial charge in [-0.1, -0.05) is 24.3 Å². The molecule has 2 heterocycles. The third-order valence-corrected chi connectivity index (χ3v) is 5.47. The minimum Gasteiger partial charge on any atom is -0.348 e. The summed E-state index contributed by atoms with van der Waals surface area (Å²) >= 11 is 1.34. The molecule has 0 fully saturated rings. The Morgan fingerprint density at radius 2 is 2.17 bits per heavy atom. The van der Waals surface area contributed by atoms with Gasteiger partial charge in [-0.05, 0) is 37.3 Å². The molecule has 1 atom stereocenters. The molecular formula is C17H17N5OS. The van der Waals surface area contributed by atoms with Gasteiger partial charge in [-0.25, -0.2) is 9.97 Å². The quantitative estimate of drug-likeness (QED) is 0.768. The van der Waals surface area contributed by atoms with E-state index >= 15 is 0 Å². The van der Waals surface area contributed by atoms with Crippen molar-refractivity contribution >= 4 is 17.2 Å². The highest BCUT2D eigenvalue weighted by Gasteiger charge is 2.23. The lowest BCUT2D eigenvalue weighted by molar-refractivity contribution is 0.0937. The number of amides is 1. The van der Waals surface area contributed by atoms with Gasteiger partial charge in [0.15, 0.2) is 10.8 Å². The predicted octanol–water partition coefficient (Wildman–Crippen LogP) is 2.52. The van der Waals surface area contributed by atoms with Crippen molar-refractivity contribution in [1.29, 1.82) is 0 Å². The largest absolute Gasteiger partial charge is 0.348 e. The van der Waals surface area contributed by atoms with Crippen molar-refractivity contribution in [2.24, 2.45) is 0 Å². The average Bonchev–Trinajstić information content (AvgIpc) is 3.24. The molecular weight excluding hydrogens is 322 g/mol. The van der Waals surface area contributed by atoms with Crippen LogP contribution >= 0.6 is 11.3 Å². The number of fused-ring (bicyclic) bond motifs is 1. The molecule has 1 aliphatic rings. The molecule has 1 amide bonds. The monoisotopic (exact) mass is 339 g/mol. The molecule has 1 aromatic carbocycles. The number of aryl methyl sites for hydroxylation is 2. The highest BCUT2D eigenvalue weighted by molar-refractivity contribution is 7.17. The topological polar surface area (TPSA) is 83.6 Å². The lowest BCUT2D eigenvalue weighted by Gasteiger charge is -2.25. The molecule has 0 unspecified atom stereocenters. The van der Waals surface area contributed by atoms with Crippen molar-refractivity contribution in [1.82, 2.24) is 25.5 Å². The number of aromatic amines is 1. The second-order valence-corrected chi connectivity index (χ2v) is 6.95. The highest BCUT2D eigenvalue weighted by atomic mass is 32.1. The molecule has 4 rings (SSSR count). The summed E-state index contributed by atoms with van der Waals surface area (Å²) in [5, 5.41) is 10.5. The van der Waals surface area contributed by atoms with Crippen LogP contribution in [0.1, 0.15) is 32.9 Å². The summed E-state index contributed by atoms with van der Waals surface area (Å²) in [6.45, 7) is 1.85. The van der Waals surface area contributed by atoms with E-state index in [1.165, 1.54) is 28.8 Å². The van der Waals surface area contributed by atoms with Crippen LogP contribution in [-0.2, 0) is 12.8 Å². The van der Waals surface area contributed by atoms with Gasteiger partial charge < -0.3 is 5.32 Å². The number of nitrogens with one attached hydrogen (secondary N) is 2. The summed E-state index contributed by atoms with van der Waals surface area (Å²) in [7, 11) is 0. The number of benzene rings is 1. The zero-order valence-electron chi connectivity index (χ0n) is 13.2. The fraction of sp³-hybridized carbons (Fsp3) is 0.294. The fourth-order valence-electron chi connectivity index (χ4n) is 3.09. The smallest absolute Gasteiger partial charge is 0.263 e. The summed E-state index contributed by atoms with van der Waals surface area (Å²) in [6.07, 6.45) is 4.29. The average molecular weight is 339 g/mol. The molecule has 0 bridgehead atoms. The summed E-state index contributed by atoms with van der Waals surface area (Å²) in [4.78, 5) is 21.8. The van der Waals surface area contributed by atoms with Crippen LogP contribution in [-0.4, -0.2) is 32.1 Å². The standard InChI is InChI=1S/C17H17N5OS/c1-10-14(24-17(20-10)15-18-9-19-22-15)16(23)21-13-7-6-11-4-2-3-5-12(11)8-13/h2-5,9,13H,6-8H2,1H3,(H,21,23)(H,18,19,22)/t13-/m1/s1. The summed E-state index contributed by atoms with van der Waals surface area (Å²) < 4.78 is 0. The number of carbonyl (C=O) groups excluding carboxylic acids is 1. The number of H-pyrrole nitrogens is 1. The van der Waals surface area contributed by atoms with Crippen LogP contribution in [0.25, 0.3) is 10.8 Å². The summed E-state index contributed by atoms with van der Waals surface area (Å²) in [5.74, 6) is 0.536. The highest BCUT2D eigenvalue weighted by Crippen LogP contribution is 2.26. The number of thiazole rings is 1. The van der Waals surface area contributed by atoms with Crippen molar-refractivity contribution in [2.75, 3.05) is 0 Å². The third-order valence-electron chi connectivity index (χ3n) is 4.30. The molecule has 7 heteroatoms. The van der Waals surface area contributed by atoms with Gasteiger partial charge in [-0.3, -0.25) is 9.89 Å². The first-order valence-corrected chi connectivity index (χ1v) is 8.73. The fourth-order valence-corrected chi connectivity index (χ4v) is 4.00. The van der Waals surface area contributed by atoms with Crippen molar-refractivity contribution in [3.8, 4) is 10.8 Å². The van der Waals surface area contributed by atoms with Crippen LogP contribution in [0.5, 0.6) is 0 Å². The second kappa shape index (κ2) is 6.16. The Labute approximate surface area is 143 Å². The molecule has 0 spiro atoms. The summed E-state index contributed by atoms with van der Waals surface area (Å²) in [6, 6.07) is 8.62. The van der Waals surface area contributed by atoms with Gasteiger partial charge in [0.05, 0.1) is 5.69 Å². The minimum atomic E-state index is -0.0554. The molecule has 0 saturated carbocycles. The summed E-state index contributed by atoms with van der Waals surface area (Å²) in [5.41, 5.74) is 3.45. The first kappa shape index (κ1) is 15.0. The van der Waals surface area contributed by atoms with Gasteiger partial charge in [0.25, 0.3) is 5.91 Å². The van der Waals surface area contributed by atoms with E-state index in [0.29, 0.717) is 15.7 Å². The molecule has 122 valence electrons. The maximum absolute atomic E-state index is 12.6. The van der Waals surface area contributed by atoms with Crippen LogP contribution in [0.2, 0.25) is 0 Å². The first-order chi connectivity index (χ1) is 11.7. The van der Waals surface area contributed by atoms with E-state index in [-0.39, 0.29) is 11.9 Å². The maximum Gasteiger partial charge on any atom is 0.263 e. The van der Waals surface area contributed by atoms with Gasteiger partial charge >= 0.3 is 0 Å². The van der Waals surface area contributed by atoms with E-state index < -0.39 is 0 Å². The Morgan fingerprint density at radius 1 is 1.33 bits per heavy atom. The Hall–Kier alpha value is -2.54. The Bertz CT molecular complexity index is 871. The van der Waals surface area contributed by atoms with E-state index in [2.05, 4.69) is 49.7 Å². The molecule has 0 saturated heterocycles. The van der Waals surface area contributed by atoms with Crippen LogP contribution < -0.4 is 5.32 Å². The van der Waals surface area contributed by atoms with E-state index in [0.717, 1.165) is 25.0 Å². The molecule has 2 N–H and O–H groups in total. The number of nitrogens with zero attached hydrogens (tertiary/aromatic N) is 3. The SMILES string of the molecule is Cc1nc(-c2ncn[nH]2)sc1C(=O)N[C@@H]1CCc2ccccc2C1. The first-order valence-electron chi connectivity index (χ1n) is 7.91. The van der Waals surface area contributed by atoms with Crippen LogP contribution in [0.3, 0.4) is 0 Å². The van der Waals surface area contributed by atoms with E-state index in [1.54, 1.807) is 0 Å². The number of aromatic nitrogens is 4. The van der Waals surface area contributed by atoms with Crippen molar-refractivity contribution < 1.29 is 4.79 Å². The van der Waals surface area contributed by atoms with Gasteiger partial charge in [0, 0.05) is 6.04 Å².